The summed E-state index contributed by atoms with van der Waals surface area (Å²) in [5, 5.41) is 3.26. The van der Waals surface area contributed by atoms with Gasteiger partial charge in [-0.05, 0) is 41.8 Å². The fraction of sp³-hybridized carbons (Fsp3) is 0.167. The predicted octanol–water partition coefficient (Wildman–Crippen LogP) is 5.18. The number of carbonyl (C=O) groups excluding carboxylic acids is 2. The molecule has 160 valence electrons. The highest BCUT2D eigenvalue weighted by Gasteiger charge is 2.23. The molecule has 1 N–H and O–H groups in total. The first kappa shape index (κ1) is 22.1. The van der Waals surface area contributed by atoms with Crippen LogP contribution in [0.4, 0.5) is 5.00 Å². The number of esters is 1. The van der Waals surface area contributed by atoms with E-state index in [1.54, 1.807) is 32.4 Å². The number of nitrogens with one attached hydrogen (secondary N) is 1. The molecule has 6 nitrogen and oxygen atoms in total. The van der Waals surface area contributed by atoms with Crippen LogP contribution >= 0.6 is 11.3 Å². The maximum atomic E-state index is 12.6. The van der Waals surface area contributed by atoms with Gasteiger partial charge in [0, 0.05) is 11.0 Å². The van der Waals surface area contributed by atoms with Crippen molar-refractivity contribution < 1.29 is 23.8 Å². The summed E-state index contributed by atoms with van der Waals surface area (Å²) in [5.41, 5.74) is 2.87. The molecule has 1 heterocycles. The largest absolute Gasteiger partial charge is 0.493 e. The van der Waals surface area contributed by atoms with Gasteiger partial charge in [-0.15, -0.1) is 11.3 Å². The topological polar surface area (TPSA) is 73.9 Å². The average Bonchev–Trinajstić information content (AvgIpc) is 3.12. The number of hydrogen-bond acceptors (Lipinski definition) is 6. The van der Waals surface area contributed by atoms with Gasteiger partial charge in [-0.1, -0.05) is 36.4 Å². The molecule has 0 spiro atoms. The summed E-state index contributed by atoms with van der Waals surface area (Å²) in [5.74, 6) is 0.324. The summed E-state index contributed by atoms with van der Waals surface area (Å²) in [6.07, 6.45) is 3.06. The minimum absolute atomic E-state index is 0.360. The molecule has 2 aromatic carbocycles. The zero-order valence-corrected chi connectivity index (χ0v) is 18.5. The zero-order valence-electron chi connectivity index (χ0n) is 17.7. The van der Waals surface area contributed by atoms with E-state index in [0.717, 1.165) is 21.6 Å². The number of methoxy groups -OCH3 is 3. The van der Waals surface area contributed by atoms with Crippen molar-refractivity contribution in [3.05, 3.63) is 71.3 Å². The first-order chi connectivity index (χ1) is 15.0. The van der Waals surface area contributed by atoms with E-state index >= 15 is 0 Å². The molecular formula is C24H23NO5S. The molecule has 0 saturated heterocycles. The molecule has 0 radical (unpaired) electrons. The van der Waals surface area contributed by atoms with Gasteiger partial charge in [-0.3, -0.25) is 4.79 Å². The van der Waals surface area contributed by atoms with E-state index in [1.165, 1.54) is 24.5 Å². The Hall–Kier alpha value is -3.58. The summed E-state index contributed by atoms with van der Waals surface area (Å²) in [6.45, 7) is 1.85. The van der Waals surface area contributed by atoms with Crippen LogP contribution in [0.25, 0.3) is 16.5 Å². The third kappa shape index (κ3) is 4.95. The Morgan fingerprint density at radius 2 is 1.68 bits per heavy atom. The fourth-order valence-electron chi connectivity index (χ4n) is 3.10. The first-order valence-electron chi connectivity index (χ1n) is 9.46. The summed E-state index contributed by atoms with van der Waals surface area (Å²) in [4.78, 5) is 25.9. The molecule has 3 rings (SSSR count). The van der Waals surface area contributed by atoms with Crippen molar-refractivity contribution in [1.82, 2.24) is 0 Å². The van der Waals surface area contributed by atoms with Gasteiger partial charge in [-0.25, -0.2) is 4.79 Å². The van der Waals surface area contributed by atoms with E-state index in [-0.39, 0.29) is 5.91 Å². The van der Waals surface area contributed by atoms with Gasteiger partial charge < -0.3 is 19.5 Å². The Morgan fingerprint density at radius 3 is 2.32 bits per heavy atom. The van der Waals surface area contributed by atoms with Crippen LogP contribution in [-0.4, -0.2) is 33.2 Å². The quantitative estimate of drug-likeness (QED) is 0.407. The number of benzene rings is 2. The van der Waals surface area contributed by atoms with Gasteiger partial charge in [0.25, 0.3) is 0 Å². The van der Waals surface area contributed by atoms with Crippen molar-refractivity contribution in [1.29, 1.82) is 0 Å². The minimum Gasteiger partial charge on any atom is -0.493 e. The second-order valence-corrected chi connectivity index (χ2v) is 7.58. The van der Waals surface area contributed by atoms with Crippen LogP contribution in [0, 0.1) is 6.92 Å². The highest BCUT2D eigenvalue weighted by atomic mass is 32.1. The molecular weight excluding hydrogens is 414 g/mol. The van der Waals surface area contributed by atoms with Crippen LogP contribution in [0.2, 0.25) is 0 Å². The van der Waals surface area contributed by atoms with E-state index in [2.05, 4.69) is 5.32 Å². The third-order valence-electron chi connectivity index (χ3n) is 4.64. The monoisotopic (exact) mass is 437 g/mol. The lowest BCUT2D eigenvalue weighted by Crippen LogP contribution is -2.11. The van der Waals surface area contributed by atoms with E-state index in [0.29, 0.717) is 22.1 Å². The molecule has 0 bridgehead atoms. The van der Waals surface area contributed by atoms with Gasteiger partial charge in [0.2, 0.25) is 5.91 Å². The molecule has 0 aliphatic carbocycles. The molecule has 0 aliphatic heterocycles. The second kappa shape index (κ2) is 9.95. The Morgan fingerprint density at radius 1 is 0.968 bits per heavy atom. The number of amides is 1. The van der Waals surface area contributed by atoms with Crippen molar-refractivity contribution in [3.8, 4) is 21.9 Å². The Labute approximate surface area is 185 Å². The summed E-state index contributed by atoms with van der Waals surface area (Å²) >= 11 is 1.34. The van der Waals surface area contributed by atoms with Crippen LogP contribution in [0.5, 0.6) is 11.5 Å². The molecule has 0 fully saturated rings. The predicted molar refractivity (Wildman–Crippen MR) is 123 cm³/mol. The van der Waals surface area contributed by atoms with Gasteiger partial charge >= 0.3 is 5.97 Å². The maximum Gasteiger partial charge on any atom is 0.341 e. The van der Waals surface area contributed by atoms with Gasteiger partial charge in [-0.2, -0.15) is 0 Å². The third-order valence-corrected chi connectivity index (χ3v) is 5.90. The van der Waals surface area contributed by atoms with Crippen molar-refractivity contribution >= 4 is 34.3 Å². The van der Waals surface area contributed by atoms with Crippen LogP contribution in [0.15, 0.2) is 54.6 Å². The summed E-state index contributed by atoms with van der Waals surface area (Å²) in [6, 6.07) is 15.0. The number of rotatable bonds is 7. The van der Waals surface area contributed by atoms with E-state index in [9.17, 15) is 9.59 Å². The minimum atomic E-state index is -0.491. The van der Waals surface area contributed by atoms with Crippen LogP contribution in [-0.2, 0) is 9.53 Å². The molecule has 0 saturated carbocycles. The van der Waals surface area contributed by atoms with E-state index in [1.807, 2.05) is 43.3 Å². The summed E-state index contributed by atoms with van der Waals surface area (Å²) < 4.78 is 15.4. The molecule has 7 heteroatoms. The van der Waals surface area contributed by atoms with Crippen LogP contribution in [0.3, 0.4) is 0 Å². The van der Waals surface area contributed by atoms with Gasteiger partial charge in [0.05, 0.1) is 26.9 Å². The molecule has 1 aromatic heterocycles. The van der Waals surface area contributed by atoms with Crippen molar-refractivity contribution in [2.45, 2.75) is 6.92 Å². The zero-order chi connectivity index (χ0) is 22.4. The average molecular weight is 438 g/mol. The molecule has 0 unspecified atom stereocenters. The number of thiophene rings is 1. The van der Waals surface area contributed by atoms with Gasteiger partial charge in [0.15, 0.2) is 11.5 Å². The van der Waals surface area contributed by atoms with Crippen molar-refractivity contribution in [3.63, 3.8) is 0 Å². The van der Waals surface area contributed by atoms with Crippen molar-refractivity contribution in [2.24, 2.45) is 0 Å². The van der Waals surface area contributed by atoms with E-state index < -0.39 is 5.97 Å². The Bertz CT molecular complexity index is 1120. The van der Waals surface area contributed by atoms with Crippen LogP contribution in [0.1, 0.15) is 21.5 Å². The maximum absolute atomic E-state index is 12.6. The number of carbonyl (C=O) groups is 2. The number of anilines is 1. The standard InChI is InChI=1S/C24H23NO5S/c1-15-21(24(27)30-4)23(31-22(15)17-8-6-5-7-9-17)25-20(26)13-11-16-10-12-18(28-2)19(14-16)29-3/h5-14H,1-4H3,(H,25,26). The molecule has 0 atom stereocenters. The molecule has 1 amide bonds. The lowest BCUT2D eigenvalue weighted by Gasteiger charge is -2.07. The summed E-state index contributed by atoms with van der Waals surface area (Å²) in [7, 11) is 4.44. The molecule has 31 heavy (non-hydrogen) atoms. The Balaban J connectivity index is 1.87. The number of hydrogen-bond donors (Lipinski definition) is 1. The van der Waals surface area contributed by atoms with Gasteiger partial charge in [0.1, 0.15) is 5.00 Å². The second-order valence-electron chi connectivity index (χ2n) is 6.55. The first-order valence-corrected chi connectivity index (χ1v) is 10.3. The highest BCUT2D eigenvalue weighted by Crippen LogP contribution is 2.40. The van der Waals surface area contributed by atoms with Crippen molar-refractivity contribution in [2.75, 3.05) is 26.6 Å². The normalized spacial score (nSPS) is 10.7. The number of ether oxygens (including phenoxy) is 3. The highest BCUT2D eigenvalue weighted by molar-refractivity contribution is 7.20. The fourth-order valence-corrected chi connectivity index (χ4v) is 4.30. The Kier molecular flexibility index (Phi) is 7.10. The smallest absolute Gasteiger partial charge is 0.341 e. The molecule has 0 aliphatic rings. The SMILES string of the molecule is COC(=O)c1c(NC(=O)C=Cc2ccc(OC)c(OC)c2)sc(-c2ccccc2)c1C. The lowest BCUT2D eigenvalue weighted by molar-refractivity contribution is -0.111. The lowest BCUT2D eigenvalue weighted by atomic mass is 10.1. The molecule has 3 aromatic rings. The van der Waals surface area contributed by atoms with E-state index in [4.69, 9.17) is 14.2 Å². The van der Waals surface area contributed by atoms with Crippen LogP contribution < -0.4 is 14.8 Å².